The van der Waals surface area contributed by atoms with Crippen molar-refractivity contribution < 1.29 is 9.59 Å². The van der Waals surface area contributed by atoms with E-state index in [2.05, 4.69) is 44.9 Å². The van der Waals surface area contributed by atoms with Gasteiger partial charge in [0.2, 0.25) is 11.8 Å². The largest absolute Gasteiger partial charge is 0.340 e. The summed E-state index contributed by atoms with van der Waals surface area (Å²) in [7, 11) is 2.09. The van der Waals surface area contributed by atoms with Crippen LogP contribution < -0.4 is 4.90 Å². The van der Waals surface area contributed by atoms with E-state index < -0.39 is 0 Å². The predicted octanol–water partition coefficient (Wildman–Crippen LogP) is 3.89. The van der Waals surface area contributed by atoms with Crippen molar-refractivity contribution in [3.63, 3.8) is 0 Å². The molecule has 2 aromatic carbocycles. The van der Waals surface area contributed by atoms with Crippen LogP contribution >= 0.6 is 0 Å². The molecule has 2 aromatic rings. The van der Waals surface area contributed by atoms with Crippen LogP contribution in [-0.2, 0) is 22.6 Å². The van der Waals surface area contributed by atoms with Gasteiger partial charge in [0.25, 0.3) is 0 Å². The van der Waals surface area contributed by atoms with E-state index in [1.165, 1.54) is 5.56 Å². The highest BCUT2D eigenvalue weighted by Gasteiger charge is 2.21. The molecule has 0 radical (unpaired) electrons. The van der Waals surface area contributed by atoms with Crippen molar-refractivity contribution in [1.82, 2.24) is 9.80 Å². The minimum atomic E-state index is 0.125. The molecule has 5 heteroatoms. The third-order valence-corrected chi connectivity index (χ3v) is 5.93. The fourth-order valence-corrected chi connectivity index (χ4v) is 3.88. The average molecular weight is 422 g/mol. The molecule has 0 aromatic heterocycles. The number of likely N-dealkylation sites (N-methyl/N-ethyl adjacent to an activating group) is 1. The molecular formula is C26H35N3O2. The summed E-state index contributed by atoms with van der Waals surface area (Å²) in [5.74, 6) is 0.598. The number of carbonyl (C=O) groups is 2. The Morgan fingerprint density at radius 3 is 2.23 bits per heavy atom. The molecule has 31 heavy (non-hydrogen) atoms. The van der Waals surface area contributed by atoms with Crippen LogP contribution in [0.2, 0.25) is 0 Å². The summed E-state index contributed by atoms with van der Waals surface area (Å²) in [6.07, 6.45) is 0.914. The molecule has 0 spiro atoms. The van der Waals surface area contributed by atoms with Gasteiger partial charge in [-0.25, -0.2) is 0 Å². The molecule has 1 aliphatic heterocycles. The summed E-state index contributed by atoms with van der Waals surface area (Å²) < 4.78 is 0. The maximum atomic E-state index is 13.0. The SMILES string of the molecule is Cc1ccccc1CN(C(=O)CC(C)C)c1ccc(CC(=O)N2CCN(C)CC2)cc1. The van der Waals surface area contributed by atoms with E-state index in [0.717, 1.165) is 43.0 Å². The van der Waals surface area contributed by atoms with Gasteiger partial charge in [-0.15, -0.1) is 0 Å². The van der Waals surface area contributed by atoms with Gasteiger partial charge < -0.3 is 14.7 Å². The van der Waals surface area contributed by atoms with Gasteiger partial charge in [-0.05, 0) is 48.7 Å². The van der Waals surface area contributed by atoms with Crippen molar-refractivity contribution >= 4 is 17.5 Å². The summed E-state index contributed by atoms with van der Waals surface area (Å²) in [4.78, 5) is 31.7. The zero-order chi connectivity index (χ0) is 22.4. The minimum absolute atomic E-state index is 0.125. The zero-order valence-electron chi connectivity index (χ0n) is 19.3. The van der Waals surface area contributed by atoms with Gasteiger partial charge in [-0.3, -0.25) is 9.59 Å². The van der Waals surface area contributed by atoms with Crippen LogP contribution in [0.15, 0.2) is 48.5 Å². The molecule has 0 aliphatic carbocycles. The molecule has 1 heterocycles. The molecule has 3 rings (SSSR count). The van der Waals surface area contributed by atoms with Gasteiger partial charge in [-0.1, -0.05) is 50.2 Å². The Bertz CT molecular complexity index is 884. The number of piperazine rings is 1. The number of benzene rings is 2. The van der Waals surface area contributed by atoms with Gasteiger partial charge in [-0.2, -0.15) is 0 Å². The van der Waals surface area contributed by atoms with E-state index in [0.29, 0.717) is 25.3 Å². The monoisotopic (exact) mass is 421 g/mol. The third kappa shape index (κ3) is 6.41. The summed E-state index contributed by atoms with van der Waals surface area (Å²) in [5, 5.41) is 0. The maximum absolute atomic E-state index is 13.0. The molecule has 0 bridgehead atoms. The van der Waals surface area contributed by atoms with E-state index in [1.807, 2.05) is 46.2 Å². The lowest BCUT2D eigenvalue weighted by Gasteiger charge is -2.32. The molecule has 1 saturated heterocycles. The Labute approximate surface area is 186 Å². The smallest absolute Gasteiger partial charge is 0.227 e. The van der Waals surface area contributed by atoms with Crippen molar-refractivity contribution in [2.75, 3.05) is 38.1 Å². The number of anilines is 1. The molecule has 166 valence electrons. The average Bonchev–Trinajstić information content (AvgIpc) is 2.74. The highest BCUT2D eigenvalue weighted by Crippen LogP contribution is 2.22. The first-order valence-corrected chi connectivity index (χ1v) is 11.2. The first-order valence-electron chi connectivity index (χ1n) is 11.2. The lowest BCUT2D eigenvalue weighted by Crippen LogP contribution is -2.47. The Kier molecular flexibility index (Phi) is 7.85. The van der Waals surface area contributed by atoms with Crippen molar-refractivity contribution in [1.29, 1.82) is 0 Å². The van der Waals surface area contributed by atoms with Crippen molar-refractivity contribution in [3.8, 4) is 0 Å². The second kappa shape index (κ2) is 10.6. The van der Waals surface area contributed by atoms with Gasteiger partial charge in [0.05, 0.1) is 13.0 Å². The topological polar surface area (TPSA) is 43.9 Å². The number of amides is 2. The fraction of sp³-hybridized carbons (Fsp3) is 0.462. The Morgan fingerprint density at radius 2 is 1.61 bits per heavy atom. The van der Waals surface area contributed by atoms with Crippen LogP contribution in [-0.4, -0.2) is 54.8 Å². The van der Waals surface area contributed by atoms with Gasteiger partial charge in [0.1, 0.15) is 0 Å². The molecular weight excluding hydrogens is 386 g/mol. The zero-order valence-corrected chi connectivity index (χ0v) is 19.3. The predicted molar refractivity (Wildman–Crippen MR) is 126 cm³/mol. The first kappa shape index (κ1) is 23.0. The summed E-state index contributed by atoms with van der Waals surface area (Å²) in [6, 6.07) is 16.1. The van der Waals surface area contributed by atoms with Crippen LogP contribution in [0.1, 0.15) is 37.0 Å². The second-order valence-corrected chi connectivity index (χ2v) is 9.03. The lowest BCUT2D eigenvalue weighted by atomic mass is 10.0. The number of nitrogens with zero attached hydrogens (tertiary/aromatic N) is 3. The second-order valence-electron chi connectivity index (χ2n) is 9.03. The van der Waals surface area contributed by atoms with Crippen molar-refractivity contribution in [3.05, 3.63) is 65.2 Å². The quantitative estimate of drug-likeness (QED) is 0.681. The number of hydrogen-bond donors (Lipinski definition) is 0. The number of carbonyl (C=O) groups excluding carboxylic acids is 2. The van der Waals surface area contributed by atoms with E-state index in [9.17, 15) is 9.59 Å². The highest BCUT2D eigenvalue weighted by atomic mass is 16.2. The van der Waals surface area contributed by atoms with Gasteiger partial charge >= 0.3 is 0 Å². The summed E-state index contributed by atoms with van der Waals surface area (Å²) >= 11 is 0. The Balaban J connectivity index is 1.73. The molecule has 2 amide bonds. The molecule has 0 saturated carbocycles. The summed E-state index contributed by atoms with van der Waals surface area (Å²) in [6.45, 7) is 10.2. The fourth-order valence-electron chi connectivity index (χ4n) is 3.88. The molecule has 1 fully saturated rings. The maximum Gasteiger partial charge on any atom is 0.227 e. The van der Waals surface area contributed by atoms with Crippen molar-refractivity contribution in [2.45, 2.75) is 40.2 Å². The van der Waals surface area contributed by atoms with Gasteiger partial charge in [0, 0.05) is 38.3 Å². The van der Waals surface area contributed by atoms with Crippen LogP contribution in [0.3, 0.4) is 0 Å². The van der Waals surface area contributed by atoms with Crippen LogP contribution in [0.4, 0.5) is 5.69 Å². The third-order valence-electron chi connectivity index (χ3n) is 5.93. The Morgan fingerprint density at radius 1 is 0.968 bits per heavy atom. The van der Waals surface area contributed by atoms with Crippen LogP contribution in [0.25, 0.3) is 0 Å². The molecule has 0 N–H and O–H groups in total. The normalized spacial score (nSPS) is 14.7. The lowest BCUT2D eigenvalue weighted by molar-refractivity contribution is -0.132. The number of aryl methyl sites for hydroxylation is 1. The van der Waals surface area contributed by atoms with Gasteiger partial charge in [0.15, 0.2) is 0 Å². The number of hydrogen-bond acceptors (Lipinski definition) is 3. The van der Waals surface area contributed by atoms with Crippen LogP contribution in [0, 0.1) is 12.8 Å². The minimum Gasteiger partial charge on any atom is -0.340 e. The van der Waals surface area contributed by atoms with E-state index in [4.69, 9.17) is 0 Å². The Hall–Kier alpha value is -2.66. The number of rotatable bonds is 7. The van der Waals surface area contributed by atoms with Crippen LogP contribution in [0.5, 0.6) is 0 Å². The molecule has 5 nitrogen and oxygen atoms in total. The molecule has 0 atom stereocenters. The molecule has 1 aliphatic rings. The summed E-state index contributed by atoms with van der Waals surface area (Å²) in [5.41, 5.74) is 4.19. The van der Waals surface area contributed by atoms with E-state index in [1.54, 1.807) is 0 Å². The highest BCUT2D eigenvalue weighted by molar-refractivity contribution is 5.93. The molecule has 0 unspecified atom stereocenters. The van der Waals surface area contributed by atoms with E-state index in [-0.39, 0.29) is 11.8 Å². The first-order chi connectivity index (χ1) is 14.8. The standard InChI is InChI=1S/C26H35N3O2/c1-20(2)17-26(31)29(19-23-8-6-5-7-21(23)3)24-11-9-22(10-12-24)18-25(30)28-15-13-27(4)14-16-28/h5-12,20H,13-19H2,1-4H3. The van der Waals surface area contributed by atoms with E-state index >= 15 is 0 Å². The van der Waals surface area contributed by atoms with Crippen molar-refractivity contribution in [2.24, 2.45) is 5.92 Å².